The van der Waals surface area contributed by atoms with Crippen LogP contribution in [0.3, 0.4) is 0 Å². The highest BCUT2D eigenvalue weighted by atomic mass is 16.4. The highest BCUT2D eigenvalue weighted by Gasteiger charge is 2.09. The summed E-state index contributed by atoms with van der Waals surface area (Å²) in [6, 6.07) is 7.81. The van der Waals surface area contributed by atoms with Gasteiger partial charge in [-0.1, -0.05) is 18.2 Å². The Labute approximate surface area is 84.0 Å². The normalized spacial score (nSPS) is 9.86. The van der Waals surface area contributed by atoms with Gasteiger partial charge in [-0.05, 0) is 25.5 Å². The fraction of sp³-hybridized carbons (Fsp3) is 0.364. The summed E-state index contributed by atoms with van der Waals surface area (Å²) >= 11 is 0. The number of carboxylic acid groups (broad SMARTS) is 1. The highest BCUT2D eigenvalue weighted by molar-refractivity contribution is 5.74. The fourth-order valence-electron chi connectivity index (χ4n) is 1.45. The van der Waals surface area contributed by atoms with E-state index in [0.29, 0.717) is 6.54 Å². The van der Waals surface area contributed by atoms with Crippen LogP contribution < -0.4 is 4.90 Å². The lowest BCUT2D eigenvalue weighted by atomic mass is 10.2. The Kier molecular flexibility index (Phi) is 3.51. The molecule has 3 nitrogen and oxygen atoms in total. The molecule has 0 fully saturated rings. The standard InChI is InChI=1S/C11H15NO2/c1-3-12(8-11(13)14)10-7-5-4-6-9(10)2/h4-7H,3,8H2,1-2H3,(H,13,14). The third-order valence-corrected chi connectivity index (χ3v) is 2.16. The molecule has 0 saturated carbocycles. The molecule has 0 spiro atoms. The maximum atomic E-state index is 10.6. The number of aryl methyl sites for hydroxylation is 1. The maximum absolute atomic E-state index is 10.6. The molecule has 0 unspecified atom stereocenters. The van der Waals surface area contributed by atoms with Crippen molar-refractivity contribution in [2.45, 2.75) is 13.8 Å². The van der Waals surface area contributed by atoms with Gasteiger partial charge in [0.15, 0.2) is 0 Å². The van der Waals surface area contributed by atoms with Crippen molar-refractivity contribution >= 4 is 11.7 Å². The predicted molar refractivity (Wildman–Crippen MR) is 56.7 cm³/mol. The topological polar surface area (TPSA) is 40.5 Å². The van der Waals surface area contributed by atoms with Gasteiger partial charge in [0.1, 0.15) is 6.54 Å². The summed E-state index contributed by atoms with van der Waals surface area (Å²) in [6.45, 7) is 4.70. The minimum Gasteiger partial charge on any atom is -0.480 e. The number of likely N-dealkylation sites (N-methyl/N-ethyl adjacent to an activating group) is 1. The minimum absolute atomic E-state index is 0.0569. The number of rotatable bonds is 4. The second-order valence-electron chi connectivity index (χ2n) is 3.19. The molecule has 0 radical (unpaired) electrons. The first-order valence-corrected chi connectivity index (χ1v) is 4.67. The zero-order valence-corrected chi connectivity index (χ0v) is 8.53. The summed E-state index contributed by atoms with van der Waals surface area (Å²) in [5.41, 5.74) is 2.10. The Hall–Kier alpha value is -1.51. The van der Waals surface area contributed by atoms with E-state index in [1.807, 2.05) is 43.0 Å². The average Bonchev–Trinajstić information content (AvgIpc) is 2.15. The predicted octanol–water partition coefficient (Wildman–Crippen LogP) is 1.91. The molecule has 0 aromatic heterocycles. The molecule has 76 valence electrons. The zero-order chi connectivity index (χ0) is 10.6. The number of hydrogen-bond acceptors (Lipinski definition) is 2. The molecule has 3 heteroatoms. The summed E-state index contributed by atoms with van der Waals surface area (Å²) < 4.78 is 0. The first-order valence-electron chi connectivity index (χ1n) is 4.67. The van der Waals surface area contributed by atoms with Crippen molar-refractivity contribution in [3.63, 3.8) is 0 Å². The largest absolute Gasteiger partial charge is 0.480 e. The van der Waals surface area contributed by atoms with E-state index in [1.165, 1.54) is 0 Å². The Morgan fingerprint density at radius 2 is 2.07 bits per heavy atom. The minimum atomic E-state index is -0.796. The van der Waals surface area contributed by atoms with Crippen LogP contribution >= 0.6 is 0 Å². The lowest BCUT2D eigenvalue weighted by Crippen LogP contribution is -2.29. The SMILES string of the molecule is CCN(CC(=O)O)c1ccccc1C. The van der Waals surface area contributed by atoms with Crippen LogP contribution in [0.4, 0.5) is 5.69 Å². The van der Waals surface area contributed by atoms with Gasteiger partial charge in [0.25, 0.3) is 0 Å². The monoisotopic (exact) mass is 193 g/mol. The molecule has 1 rings (SSSR count). The molecule has 0 atom stereocenters. The first-order chi connectivity index (χ1) is 6.65. The number of carboxylic acids is 1. The summed E-state index contributed by atoms with van der Waals surface area (Å²) in [6.07, 6.45) is 0. The number of aliphatic carboxylic acids is 1. The van der Waals surface area contributed by atoms with E-state index in [-0.39, 0.29) is 6.54 Å². The molecule has 0 aliphatic rings. The quantitative estimate of drug-likeness (QED) is 0.794. The lowest BCUT2D eigenvalue weighted by Gasteiger charge is -2.22. The van der Waals surface area contributed by atoms with E-state index >= 15 is 0 Å². The Bertz CT molecular complexity index is 323. The average molecular weight is 193 g/mol. The Morgan fingerprint density at radius 3 is 2.57 bits per heavy atom. The van der Waals surface area contributed by atoms with Crippen LogP contribution in [0.15, 0.2) is 24.3 Å². The molecule has 14 heavy (non-hydrogen) atoms. The van der Waals surface area contributed by atoms with Gasteiger partial charge in [0.2, 0.25) is 0 Å². The summed E-state index contributed by atoms with van der Waals surface area (Å²) in [4.78, 5) is 12.5. The van der Waals surface area contributed by atoms with Crippen molar-refractivity contribution in [3.05, 3.63) is 29.8 Å². The highest BCUT2D eigenvalue weighted by Crippen LogP contribution is 2.18. The molecule has 0 amide bonds. The van der Waals surface area contributed by atoms with Crippen molar-refractivity contribution in [1.29, 1.82) is 0 Å². The van der Waals surface area contributed by atoms with Gasteiger partial charge in [-0.3, -0.25) is 4.79 Å². The van der Waals surface area contributed by atoms with Crippen molar-refractivity contribution in [2.24, 2.45) is 0 Å². The number of anilines is 1. The van der Waals surface area contributed by atoms with Gasteiger partial charge >= 0.3 is 5.97 Å². The van der Waals surface area contributed by atoms with E-state index in [1.54, 1.807) is 0 Å². The van der Waals surface area contributed by atoms with Crippen molar-refractivity contribution in [3.8, 4) is 0 Å². The van der Waals surface area contributed by atoms with Crippen molar-refractivity contribution in [2.75, 3.05) is 18.0 Å². The number of benzene rings is 1. The van der Waals surface area contributed by atoms with Crippen LogP contribution in [0.5, 0.6) is 0 Å². The van der Waals surface area contributed by atoms with Crippen LogP contribution in [-0.2, 0) is 4.79 Å². The van der Waals surface area contributed by atoms with Crippen LogP contribution in [0.2, 0.25) is 0 Å². The Morgan fingerprint density at radius 1 is 1.43 bits per heavy atom. The number of hydrogen-bond donors (Lipinski definition) is 1. The molecule has 1 aromatic rings. The first kappa shape index (κ1) is 10.6. The molecule has 1 N–H and O–H groups in total. The van der Waals surface area contributed by atoms with Crippen LogP contribution in [0, 0.1) is 6.92 Å². The van der Waals surface area contributed by atoms with Gasteiger partial charge in [-0.25, -0.2) is 0 Å². The molecule has 0 bridgehead atoms. The van der Waals surface area contributed by atoms with Gasteiger partial charge in [-0.2, -0.15) is 0 Å². The summed E-state index contributed by atoms with van der Waals surface area (Å²) in [7, 11) is 0. The van der Waals surface area contributed by atoms with Crippen LogP contribution in [0.1, 0.15) is 12.5 Å². The van der Waals surface area contributed by atoms with E-state index in [2.05, 4.69) is 0 Å². The van der Waals surface area contributed by atoms with Crippen molar-refractivity contribution in [1.82, 2.24) is 0 Å². The molecule has 0 aliphatic heterocycles. The van der Waals surface area contributed by atoms with E-state index in [4.69, 9.17) is 5.11 Å². The van der Waals surface area contributed by atoms with Crippen LogP contribution in [0.25, 0.3) is 0 Å². The second kappa shape index (κ2) is 4.65. The van der Waals surface area contributed by atoms with Gasteiger partial charge in [0, 0.05) is 12.2 Å². The van der Waals surface area contributed by atoms with E-state index < -0.39 is 5.97 Å². The third kappa shape index (κ3) is 2.49. The summed E-state index contributed by atoms with van der Waals surface area (Å²) in [5.74, 6) is -0.796. The maximum Gasteiger partial charge on any atom is 0.323 e. The van der Waals surface area contributed by atoms with Crippen LogP contribution in [-0.4, -0.2) is 24.2 Å². The van der Waals surface area contributed by atoms with Gasteiger partial charge in [0.05, 0.1) is 0 Å². The van der Waals surface area contributed by atoms with Crippen molar-refractivity contribution < 1.29 is 9.90 Å². The van der Waals surface area contributed by atoms with Gasteiger partial charge < -0.3 is 10.0 Å². The number of nitrogens with zero attached hydrogens (tertiary/aromatic N) is 1. The fourth-order valence-corrected chi connectivity index (χ4v) is 1.45. The molecular weight excluding hydrogens is 178 g/mol. The molecule has 0 heterocycles. The number of para-hydroxylation sites is 1. The molecule has 0 aliphatic carbocycles. The smallest absolute Gasteiger partial charge is 0.323 e. The summed E-state index contributed by atoms with van der Waals surface area (Å²) in [5, 5.41) is 8.73. The van der Waals surface area contributed by atoms with E-state index in [0.717, 1.165) is 11.3 Å². The lowest BCUT2D eigenvalue weighted by molar-refractivity contribution is -0.135. The Balaban J connectivity index is 2.89. The third-order valence-electron chi connectivity index (χ3n) is 2.16. The second-order valence-corrected chi connectivity index (χ2v) is 3.19. The zero-order valence-electron chi connectivity index (χ0n) is 8.53. The molecule has 1 aromatic carbocycles. The molecular formula is C11H15NO2. The van der Waals surface area contributed by atoms with Gasteiger partial charge in [-0.15, -0.1) is 0 Å². The molecule has 0 saturated heterocycles. The number of carbonyl (C=O) groups is 1. The van der Waals surface area contributed by atoms with E-state index in [9.17, 15) is 4.79 Å².